The first-order valence-electron chi connectivity index (χ1n) is 8.57. The maximum absolute atomic E-state index is 12.2. The molecule has 2 aromatic rings. The van der Waals surface area contributed by atoms with Crippen molar-refractivity contribution in [3.8, 4) is 5.75 Å². The summed E-state index contributed by atoms with van der Waals surface area (Å²) in [6, 6.07) is 13.6. The lowest BCUT2D eigenvalue weighted by Crippen LogP contribution is -2.28. The molecule has 0 unspecified atom stereocenters. The van der Waals surface area contributed by atoms with E-state index in [1.807, 2.05) is 31.2 Å². The minimum Gasteiger partial charge on any atom is -0.494 e. The summed E-state index contributed by atoms with van der Waals surface area (Å²) in [4.78, 5) is 24.0. The van der Waals surface area contributed by atoms with Gasteiger partial charge in [0.2, 0.25) is 5.91 Å². The number of amidine groups is 1. The minimum absolute atomic E-state index is 0.0157. The van der Waals surface area contributed by atoms with Crippen molar-refractivity contribution in [1.82, 2.24) is 4.90 Å². The molecule has 0 aliphatic carbocycles. The van der Waals surface area contributed by atoms with Crippen LogP contribution in [0, 0.1) is 10.1 Å². The van der Waals surface area contributed by atoms with Crippen molar-refractivity contribution < 1.29 is 14.5 Å². The number of ether oxygens (including phenoxy) is 1. The molecule has 8 nitrogen and oxygen atoms in total. The van der Waals surface area contributed by atoms with Gasteiger partial charge in [0.1, 0.15) is 5.75 Å². The van der Waals surface area contributed by atoms with Gasteiger partial charge in [0.05, 0.1) is 30.0 Å². The average Bonchev–Trinajstić information content (AvgIpc) is 3.04. The number of amides is 1. The molecular formula is C19H18N4O4S. The average molecular weight is 398 g/mol. The molecule has 1 aliphatic heterocycles. The summed E-state index contributed by atoms with van der Waals surface area (Å²) in [6.07, 6.45) is 1.50. The molecule has 0 spiro atoms. The van der Waals surface area contributed by atoms with Crippen LogP contribution >= 0.6 is 11.8 Å². The van der Waals surface area contributed by atoms with Crippen molar-refractivity contribution >= 4 is 34.7 Å². The Morgan fingerprint density at radius 1 is 1.21 bits per heavy atom. The second-order valence-electron chi connectivity index (χ2n) is 5.82. The van der Waals surface area contributed by atoms with Crippen molar-refractivity contribution in [2.75, 3.05) is 12.4 Å². The lowest BCUT2D eigenvalue weighted by molar-refractivity contribution is -0.384. The summed E-state index contributed by atoms with van der Waals surface area (Å²) in [5.41, 5.74) is 1.66. The van der Waals surface area contributed by atoms with E-state index in [-0.39, 0.29) is 11.6 Å². The van der Waals surface area contributed by atoms with Crippen LogP contribution < -0.4 is 4.74 Å². The van der Waals surface area contributed by atoms with Gasteiger partial charge in [-0.05, 0) is 42.3 Å². The maximum atomic E-state index is 12.2. The van der Waals surface area contributed by atoms with Crippen molar-refractivity contribution in [3.63, 3.8) is 0 Å². The Hall–Kier alpha value is -3.20. The van der Waals surface area contributed by atoms with Gasteiger partial charge in [0.25, 0.3) is 5.69 Å². The number of nitro groups is 1. The molecule has 1 aliphatic rings. The Morgan fingerprint density at radius 3 is 2.57 bits per heavy atom. The quantitative estimate of drug-likeness (QED) is 0.404. The number of hydrogen-bond acceptors (Lipinski definition) is 7. The monoisotopic (exact) mass is 398 g/mol. The first-order valence-corrected chi connectivity index (χ1v) is 9.55. The molecule has 144 valence electrons. The smallest absolute Gasteiger partial charge is 0.269 e. The van der Waals surface area contributed by atoms with E-state index >= 15 is 0 Å². The van der Waals surface area contributed by atoms with Gasteiger partial charge in [-0.2, -0.15) is 5.10 Å². The molecule has 1 heterocycles. The zero-order chi connectivity index (χ0) is 19.9. The molecule has 9 heteroatoms. The molecule has 2 aromatic carbocycles. The van der Waals surface area contributed by atoms with Gasteiger partial charge in [-0.1, -0.05) is 23.9 Å². The fourth-order valence-corrected chi connectivity index (χ4v) is 3.33. The second-order valence-corrected chi connectivity index (χ2v) is 6.76. The molecule has 1 amide bonds. The number of nitro benzene ring substituents is 1. The first-order chi connectivity index (χ1) is 13.6. The summed E-state index contributed by atoms with van der Waals surface area (Å²) >= 11 is 1.33. The third-order valence-corrected chi connectivity index (χ3v) is 4.84. The van der Waals surface area contributed by atoms with Crippen LogP contribution in [0.5, 0.6) is 5.75 Å². The van der Waals surface area contributed by atoms with Gasteiger partial charge in [0.15, 0.2) is 5.17 Å². The van der Waals surface area contributed by atoms with Crippen LogP contribution in [0.3, 0.4) is 0 Å². The van der Waals surface area contributed by atoms with Crippen LogP contribution in [-0.2, 0) is 11.3 Å². The van der Waals surface area contributed by atoms with Crippen molar-refractivity contribution in [2.24, 2.45) is 10.2 Å². The summed E-state index contributed by atoms with van der Waals surface area (Å²) in [5, 5.41) is 19.4. The highest BCUT2D eigenvalue weighted by atomic mass is 32.2. The highest BCUT2D eigenvalue weighted by Crippen LogP contribution is 2.23. The van der Waals surface area contributed by atoms with E-state index in [0.29, 0.717) is 29.6 Å². The van der Waals surface area contributed by atoms with Gasteiger partial charge < -0.3 is 4.74 Å². The highest BCUT2D eigenvalue weighted by molar-refractivity contribution is 8.15. The first kappa shape index (κ1) is 19.6. The lowest BCUT2D eigenvalue weighted by Gasteiger charge is -2.15. The highest BCUT2D eigenvalue weighted by Gasteiger charge is 2.28. The van der Waals surface area contributed by atoms with Gasteiger partial charge >= 0.3 is 0 Å². The fourth-order valence-electron chi connectivity index (χ4n) is 2.49. The van der Waals surface area contributed by atoms with E-state index in [1.165, 1.54) is 30.1 Å². The minimum atomic E-state index is -0.458. The van der Waals surface area contributed by atoms with Gasteiger partial charge in [-0.3, -0.25) is 19.8 Å². The molecule has 0 radical (unpaired) electrons. The number of non-ortho nitro benzene ring substituents is 1. The number of carbonyl (C=O) groups is 1. The maximum Gasteiger partial charge on any atom is 0.269 e. The largest absolute Gasteiger partial charge is 0.494 e. The normalized spacial score (nSPS) is 15.5. The summed E-state index contributed by atoms with van der Waals surface area (Å²) < 4.78 is 5.42. The predicted octanol–water partition coefficient (Wildman–Crippen LogP) is 3.46. The number of carbonyl (C=O) groups excluding carboxylic acids is 1. The van der Waals surface area contributed by atoms with Crippen molar-refractivity contribution in [1.29, 1.82) is 0 Å². The third-order valence-electron chi connectivity index (χ3n) is 3.89. The van der Waals surface area contributed by atoms with Crippen LogP contribution in [0.25, 0.3) is 0 Å². The Balaban J connectivity index is 1.67. The van der Waals surface area contributed by atoms with Crippen LogP contribution in [-0.4, -0.2) is 39.5 Å². The standard InChI is InChI=1S/C19H18N4O4S/c1-2-27-17-9-5-15(6-10-17)12-22-18(24)13-28-19(22)21-20-11-14-3-7-16(8-4-14)23(25)26/h3-11H,2,12-13H2,1H3/b20-11-,21-19-. The summed E-state index contributed by atoms with van der Waals surface area (Å²) in [7, 11) is 0. The van der Waals surface area contributed by atoms with E-state index in [4.69, 9.17) is 4.74 Å². The SMILES string of the molecule is CCOc1ccc(CN2C(=O)CS/C2=N\N=C/c2ccc([N+](=O)[O-])cc2)cc1. The molecule has 28 heavy (non-hydrogen) atoms. The molecule has 1 fully saturated rings. The zero-order valence-electron chi connectivity index (χ0n) is 15.1. The Kier molecular flexibility index (Phi) is 6.38. The van der Waals surface area contributed by atoms with E-state index < -0.39 is 4.92 Å². The van der Waals surface area contributed by atoms with Gasteiger partial charge in [0, 0.05) is 12.1 Å². The van der Waals surface area contributed by atoms with E-state index in [9.17, 15) is 14.9 Å². The van der Waals surface area contributed by atoms with Crippen molar-refractivity contribution in [3.05, 3.63) is 69.8 Å². The molecule has 3 rings (SSSR count). The third kappa shape index (κ3) is 4.95. The fraction of sp³-hybridized carbons (Fsp3) is 0.211. The molecule has 0 saturated carbocycles. The van der Waals surface area contributed by atoms with Crippen LogP contribution in [0.1, 0.15) is 18.1 Å². The van der Waals surface area contributed by atoms with Crippen molar-refractivity contribution in [2.45, 2.75) is 13.5 Å². The summed E-state index contributed by atoms with van der Waals surface area (Å²) in [5.74, 6) is 1.08. The van der Waals surface area contributed by atoms with E-state index in [2.05, 4.69) is 10.2 Å². The predicted molar refractivity (Wildman–Crippen MR) is 109 cm³/mol. The molecular weight excluding hydrogens is 380 g/mol. The Bertz CT molecular complexity index is 911. The number of thioether (sulfide) groups is 1. The molecule has 0 atom stereocenters. The van der Waals surface area contributed by atoms with Gasteiger partial charge in [-0.25, -0.2) is 0 Å². The second kappa shape index (κ2) is 9.14. The number of benzene rings is 2. The molecule has 0 bridgehead atoms. The zero-order valence-corrected chi connectivity index (χ0v) is 16.0. The number of rotatable bonds is 7. The topological polar surface area (TPSA) is 97.4 Å². The van der Waals surface area contributed by atoms with E-state index in [1.54, 1.807) is 17.0 Å². The summed E-state index contributed by atoms with van der Waals surface area (Å²) in [6.45, 7) is 2.93. The lowest BCUT2D eigenvalue weighted by atomic mass is 10.2. The Morgan fingerprint density at radius 2 is 1.93 bits per heavy atom. The number of nitrogens with zero attached hydrogens (tertiary/aromatic N) is 4. The molecule has 0 N–H and O–H groups in total. The number of hydrogen-bond donors (Lipinski definition) is 0. The molecule has 1 saturated heterocycles. The molecule has 0 aromatic heterocycles. The van der Waals surface area contributed by atoms with Gasteiger partial charge in [-0.15, -0.1) is 5.10 Å². The Labute approximate surface area is 166 Å². The van der Waals surface area contributed by atoms with Crippen LogP contribution in [0.4, 0.5) is 5.69 Å². The van der Waals surface area contributed by atoms with Crippen LogP contribution in [0.2, 0.25) is 0 Å². The van der Waals surface area contributed by atoms with E-state index in [0.717, 1.165) is 11.3 Å². The van der Waals surface area contributed by atoms with Crippen LogP contribution in [0.15, 0.2) is 58.7 Å².